The van der Waals surface area contributed by atoms with Gasteiger partial charge in [-0.2, -0.15) is 0 Å². The lowest BCUT2D eigenvalue weighted by molar-refractivity contribution is -0.173. The van der Waals surface area contributed by atoms with Crippen molar-refractivity contribution in [3.63, 3.8) is 0 Å². The molecule has 8 heteroatoms. The Labute approximate surface area is 143 Å². The standard InChI is InChI=1S/C13H23Br2NO4Si/c1-7(20-21(5,6)13(2,3)4)8-10(17)16-11(8)19-12(18)9(14)15/h7-9,11H,1-6H3,(H,16,17). The van der Waals surface area contributed by atoms with Crippen molar-refractivity contribution in [3.05, 3.63) is 0 Å². The van der Waals surface area contributed by atoms with Crippen LogP contribution in [0.3, 0.4) is 0 Å². The first kappa shape index (κ1) is 19.1. The first-order valence-corrected chi connectivity index (χ1v) is 11.6. The number of carbonyl (C=O) groups excluding carboxylic acids is 2. The fourth-order valence-corrected chi connectivity index (χ4v) is 3.47. The maximum absolute atomic E-state index is 11.8. The third kappa shape index (κ3) is 4.53. The molecule has 0 aromatic carbocycles. The molecule has 0 spiro atoms. The molecule has 1 amide bonds. The Kier molecular flexibility index (Phi) is 6.08. The third-order valence-electron chi connectivity index (χ3n) is 4.13. The predicted molar refractivity (Wildman–Crippen MR) is 90.9 cm³/mol. The summed E-state index contributed by atoms with van der Waals surface area (Å²) in [5.41, 5.74) is 0. The van der Waals surface area contributed by atoms with E-state index in [4.69, 9.17) is 9.16 Å². The second-order valence-corrected chi connectivity index (χ2v) is 14.6. The molecule has 0 aliphatic carbocycles. The van der Waals surface area contributed by atoms with Gasteiger partial charge in [0.15, 0.2) is 18.3 Å². The summed E-state index contributed by atoms with van der Waals surface area (Å²) in [6.07, 6.45) is -0.913. The van der Waals surface area contributed by atoms with E-state index in [9.17, 15) is 9.59 Å². The number of nitrogens with one attached hydrogen (secondary N) is 1. The summed E-state index contributed by atoms with van der Waals surface area (Å²) < 4.78 is 10.9. The molecule has 0 bridgehead atoms. The molecular formula is C13H23Br2NO4Si. The summed E-state index contributed by atoms with van der Waals surface area (Å²) in [5.74, 6) is -1.06. The van der Waals surface area contributed by atoms with E-state index in [-0.39, 0.29) is 17.0 Å². The number of ether oxygens (including phenoxy) is 1. The van der Waals surface area contributed by atoms with Crippen molar-refractivity contribution in [3.8, 4) is 0 Å². The summed E-state index contributed by atoms with van der Waals surface area (Å²) in [4.78, 5) is 23.3. The molecule has 21 heavy (non-hydrogen) atoms. The Bertz CT molecular complexity index is 423. The van der Waals surface area contributed by atoms with E-state index in [1.165, 1.54) is 0 Å². The van der Waals surface area contributed by atoms with Gasteiger partial charge in [0.2, 0.25) is 5.91 Å². The summed E-state index contributed by atoms with van der Waals surface area (Å²) in [6, 6.07) is 0. The van der Waals surface area contributed by atoms with Crippen molar-refractivity contribution < 1.29 is 18.8 Å². The van der Waals surface area contributed by atoms with E-state index < -0.39 is 30.2 Å². The Morgan fingerprint density at radius 3 is 2.24 bits per heavy atom. The van der Waals surface area contributed by atoms with Gasteiger partial charge in [-0.15, -0.1) is 0 Å². The SMILES string of the molecule is CC(O[Si](C)(C)C(C)(C)C)C1C(=O)NC1OC(=O)C(Br)Br. The monoisotopic (exact) mass is 443 g/mol. The lowest BCUT2D eigenvalue weighted by Crippen LogP contribution is -2.65. The van der Waals surface area contributed by atoms with Gasteiger partial charge in [0.05, 0.1) is 6.10 Å². The Hall–Kier alpha value is 0.0769. The van der Waals surface area contributed by atoms with E-state index >= 15 is 0 Å². The smallest absolute Gasteiger partial charge is 0.332 e. The zero-order chi connectivity index (χ0) is 16.6. The number of halogens is 2. The Morgan fingerprint density at radius 2 is 1.86 bits per heavy atom. The van der Waals surface area contributed by atoms with Crippen LogP contribution in [0, 0.1) is 5.92 Å². The van der Waals surface area contributed by atoms with Gasteiger partial charge in [0, 0.05) is 0 Å². The van der Waals surface area contributed by atoms with Crippen LogP contribution in [0.5, 0.6) is 0 Å². The summed E-state index contributed by atoms with van der Waals surface area (Å²) >= 11 is 6.15. The van der Waals surface area contributed by atoms with Crippen LogP contribution >= 0.6 is 31.9 Å². The third-order valence-corrected chi connectivity index (χ3v) is 9.45. The molecule has 0 radical (unpaired) electrons. The first-order valence-electron chi connectivity index (χ1n) is 6.83. The van der Waals surface area contributed by atoms with Crippen LogP contribution in [-0.2, 0) is 18.8 Å². The van der Waals surface area contributed by atoms with E-state index in [1.54, 1.807) is 0 Å². The normalized spacial score (nSPS) is 24.3. The average molecular weight is 445 g/mol. The van der Waals surface area contributed by atoms with Gasteiger partial charge < -0.3 is 14.5 Å². The number of rotatable bonds is 5. The molecule has 3 atom stereocenters. The minimum Gasteiger partial charge on any atom is -0.439 e. The number of amides is 1. The molecule has 0 aromatic heterocycles. The highest BCUT2D eigenvalue weighted by Gasteiger charge is 2.49. The van der Waals surface area contributed by atoms with E-state index in [0.29, 0.717) is 0 Å². The Balaban J connectivity index is 2.70. The minimum atomic E-state index is -1.97. The zero-order valence-electron chi connectivity index (χ0n) is 13.2. The number of alkyl halides is 2. The van der Waals surface area contributed by atoms with Gasteiger partial charge in [-0.25, -0.2) is 4.79 Å². The molecule has 122 valence electrons. The lowest BCUT2D eigenvalue weighted by Gasteiger charge is -2.44. The molecular weight excluding hydrogens is 422 g/mol. The zero-order valence-corrected chi connectivity index (χ0v) is 17.4. The van der Waals surface area contributed by atoms with E-state index in [0.717, 1.165) is 0 Å². The fourth-order valence-electron chi connectivity index (χ4n) is 1.82. The molecule has 3 unspecified atom stereocenters. The topological polar surface area (TPSA) is 64.6 Å². The molecule has 0 aromatic rings. The molecule has 1 aliphatic rings. The van der Waals surface area contributed by atoms with Crippen molar-refractivity contribution in [1.29, 1.82) is 0 Å². The van der Waals surface area contributed by atoms with Crippen LogP contribution in [0.4, 0.5) is 0 Å². The van der Waals surface area contributed by atoms with E-state index in [2.05, 4.69) is 71.0 Å². The van der Waals surface area contributed by atoms with E-state index in [1.807, 2.05) is 6.92 Å². The van der Waals surface area contributed by atoms with Gasteiger partial charge in [-0.1, -0.05) is 52.6 Å². The lowest BCUT2D eigenvalue weighted by atomic mass is 9.93. The van der Waals surface area contributed by atoms with Crippen molar-refractivity contribution in [2.24, 2.45) is 5.92 Å². The van der Waals surface area contributed by atoms with Crippen LogP contribution in [0.15, 0.2) is 0 Å². The molecule has 1 rings (SSSR count). The average Bonchev–Trinajstić information content (AvgIpc) is 2.24. The van der Waals surface area contributed by atoms with Gasteiger partial charge in [-0.3, -0.25) is 4.79 Å². The number of β-lactam (4-membered cyclic amide) rings is 1. The molecule has 1 aliphatic heterocycles. The van der Waals surface area contributed by atoms with Crippen LogP contribution < -0.4 is 5.32 Å². The number of esters is 1. The number of hydrogen-bond donors (Lipinski definition) is 1. The first-order chi connectivity index (χ1) is 9.36. The van der Waals surface area contributed by atoms with Gasteiger partial charge >= 0.3 is 5.97 Å². The highest BCUT2D eigenvalue weighted by atomic mass is 79.9. The van der Waals surface area contributed by atoms with Crippen molar-refractivity contribution in [2.75, 3.05) is 0 Å². The maximum atomic E-state index is 11.8. The van der Waals surface area contributed by atoms with Crippen LogP contribution in [-0.4, -0.2) is 36.3 Å². The molecule has 5 nitrogen and oxygen atoms in total. The quantitative estimate of drug-likeness (QED) is 0.306. The second kappa shape index (κ2) is 6.68. The van der Waals surface area contributed by atoms with Gasteiger partial charge in [-0.05, 0) is 25.1 Å². The number of hydrogen-bond acceptors (Lipinski definition) is 4. The molecule has 1 saturated heterocycles. The maximum Gasteiger partial charge on any atom is 0.332 e. The van der Waals surface area contributed by atoms with Crippen molar-refractivity contribution in [2.45, 2.75) is 61.9 Å². The van der Waals surface area contributed by atoms with Crippen LogP contribution in [0.2, 0.25) is 18.1 Å². The predicted octanol–water partition coefficient (Wildman–Crippen LogP) is 3.13. The van der Waals surface area contributed by atoms with Gasteiger partial charge in [0.1, 0.15) is 5.92 Å². The highest BCUT2D eigenvalue weighted by molar-refractivity contribution is 9.25. The van der Waals surface area contributed by atoms with Crippen molar-refractivity contribution >= 4 is 52.1 Å². The van der Waals surface area contributed by atoms with Crippen molar-refractivity contribution in [1.82, 2.24) is 5.32 Å². The second-order valence-electron chi connectivity index (χ2n) is 6.78. The largest absolute Gasteiger partial charge is 0.439 e. The summed E-state index contributed by atoms with van der Waals surface area (Å²) in [6.45, 7) is 12.6. The molecule has 1 N–H and O–H groups in total. The van der Waals surface area contributed by atoms with Gasteiger partial charge in [0.25, 0.3) is 0 Å². The minimum absolute atomic E-state index is 0.0600. The fraction of sp³-hybridized carbons (Fsp3) is 0.846. The van der Waals surface area contributed by atoms with Crippen LogP contribution in [0.1, 0.15) is 27.7 Å². The Morgan fingerprint density at radius 1 is 1.33 bits per heavy atom. The highest BCUT2D eigenvalue weighted by Crippen LogP contribution is 2.39. The number of carbonyl (C=O) groups is 2. The summed E-state index contributed by atoms with van der Waals surface area (Å²) in [5, 5.41) is 2.66. The molecule has 1 fully saturated rings. The summed E-state index contributed by atoms with van der Waals surface area (Å²) in [7, 11) is -1.97. The molecule has 1 heterocycles. The van der Waals surface area contributed by atoms with Crippen LogP contribution in [0.25, 0.3) is 0 Å². The molecule has 0 saturated carbocycles.